The molecule has 17 nitrogen and oxygen atoms in total. The average molecular weight is 869 g/mol. The number of carbonyl (C=O) groups excluding carboxylic acids is 5. The summed E-state index contributed by atoms with van der Waals surface area (Å²) < 4.78 is 13.9. The van der Waals surface area contributed by atoms with E-state index in [0.29, 0.717) is 37.2 Å². The molecule has 3 aliphatic heterocycles. The Kier molecular flexibility index (Phi) is 12.7. The van der Waals surface area contributed by atoms with Crippen LogP contribution >= 0.6 is 0 Å². The number of nitrogens with two attached hydrogens (primary N) is 1. The lowest BCUT2D eigenvalue weighted by molar-refractivity contribution is -0.136. The van der Waals surface area contributed by atoms with E-state index in [2.05, 4.69) is 35.1 Å². The molecule has 2 saturated heterocycles. The first-order valence-electron chi connectivity index (χ1n) is 22.2. The molecule has 9 rings (SSSR count). The third kappa shape index (κ3) is 9.09. The third-order valence-corrected chi connectivity index (χ3v) is 12.9. The maximum absolute atomic E-state index is 13.4. The Labute approximate surface area is 370 Å². The van der Waals surface area contributed by atoms with Crippen molar-refractivity contribution in [3.05, 3.63) is 95.8 Å². The van der Waals surface area contributed by atoms with Crippen LogP contribution in [-0.4, -0.2) is 129 Å². The summed E-state index contributed by atoms with van der Waals surface area (Å²) in [6.45, 7) is 6.08. The molecule has 1 atom stereocenters. The summed E-state index contributed by atoms with van der Waals surface area (Å²) >= 11 is 0. The van der Waals surface area contributed by atoms with Crippen LogP contribution in [0, 0.1) is 0 Å². The summed E-state index contributed by atoms with van der Waals surface area (Å²) in [5.74, 6) is -0.479. The van der Waals surface area contributed by atoms with Crippen LogP contribution in [0.2, 0.25) is 0 Å². The van der Waals surface area contributed by atoms with Gasteiger partial charge in [-0.15, -0.1) is 0 Å². The number of aryl methyl sites for hydroxylation is 1. The topological polar surface area (TPSA) is 207 Å². The molecule has 5 aromatic rings. The van der Waals surface area contributed by atoms with Crippen LogP contribution in [0.1, 0.15) is 77.3 Å². The molecule has 3 fully saturated rings. The van der Waals surface area contributed by atoms with Crippen LogP contribution in [-0.2, 0) is 25.5 Å². The van der Waals surface area contributed by atoms with Gasteiger partial charge in [-0.05, 0) is 86.6 Å². The first kappa shape index (κ1) is 42.7. The van der Waals surface area contributed by atoms with Gasteiger partial charge >= 0.3 is 0 Å². The van der Waals surface area contributed by atoms with E-state index in [1.807, 2.05) is 54.6 Å². The molecule has 5 amide bonds. The van der Waals surface area contributed by atoms with Crippen LogP contribution in [0.4, 0.5) is 5.82 Å². The number of piperidine rings is 1. The van der Waals surface area contributed by atoms with Crippen molar-refractivity contribution in [2.75, 3.05) is 58.2 Å². The predicted molar refractivity (Wildman–Crippen MR) is 236 cm³/mol. The van der Waals surface area contributed by atoms with E-state index in [-0.39, 0.29) is 48.8 Å². The number of hydrogen-bond donors (Lipinski definition) is 3. The van der Waals surface area contributed by atoms with Gasteiger partial charge in [0.25, 0.3) is 11.8 Å². The van der Waals surface area contributed by atoms with Crippen molar-refractivity contribution in [2.24, 2.45) is 0 Å². The molecule has 1 unspecified atom stereocenters. The van der Waals surface area contributed by atoms with Crippen molar-refractivity contribution in [1.82, 2.24) is 45.1 Å². The van der Waals surface area contributed by atoms with Crippen LogP contribution in [0.25, 0.3) is 22.3 Å². The van der Waals surface area contributed by atoms with E-state index < -0.39 is 29.7 Å². The summed E-state index contributed by atoms with van der Waals surface area (Å²) in [5.41, 5.74) is 9.90. The van der Waals surface area contributed by atoms with Gasteiger partial charge in [0.2, 0.25) is 17.7 Å². The zero-order valence-electron chi connectivity index (χ0n) is 35.6. The lowest BCUT2D eigenvalue weighted by Crippen LogP contribution is -2.54. The normalized spacial score (nSPS) is 20.7. The number of imide groups is 2. The molecule has 0 radical (unpaired) electrons. The molecule has 0 spiro atoms. The highest BCUT2D eigenvalue weighted by Gasteiger charge is 2.45. The van der Waals surface area contributed by atoms with Gasteiger partial charge in [0.15, 0.2) is 5.65 Å². The molecule has 2 aromatic heterocycles. The standard InChI is InChI=1S/C47H52N10O7/c48-43-41-42(31-9-16-35(17-10-31)64-34-6-2-1-3-7-34)53-57(44(41)51-29-50-43)33-14-12-32(13-15-33)55-24-22-54(23-25-55)26-28-63-27-21-49-38(58)19-11-30-5-4-8-36-40(30)47(62)56(46(36)61)37-18-20-39(59)52-45(37)60/h1-10,16-17,29,32-33,37H,11-15,18-28H2,(H,49,58)(H2,48,50,51)(H,52,59,60). The van der Waals surface area contributed by atoms with E-state index >= 15 is 0 Å². The Morgan fingerprint density at radius 2 is 1.56 bits per heavy atom. The van der Waals surface area contributed by atoms with Crippen molar-refractivity contribution in [3.8, 4) is 22.8 Å². The van der Waals surface area contributed by atoms with Gasteiger partial charge in [-0.3, -0.25) is 44.0 Å². The van der Waals surface area contributed by atoms with E-state index in [4.69, 9.17) is 20.3 Å². The number of para-hydroxylation sites is 1. The molecule has 64 heavy (non-hydrogen) atoms. The fourth-order valence-corrected chi connectivity index (χ4v) is 9.47. The summed E-state index contributed by atoms with van der Waals surface area (Å²) in [7, 11) is 0. The number of benzene rings is 3. The van der Waals surface area contributed by atoms with Crippen molar-refractivity contribution >= 4 is 46.4 Å². The van der Waals surface area contributed by atoms with Crippen molar-refractivity contribution in [2.45, 2.75) is 69.5 Å². The second kappa shape index (κ2) is 19.0. The Morgan fingerprint density at radius 1 is 0.812 bits per heavy atom. The Morgan fingerprint density at radius 3 is 2.33 bits per heavy atom. The first-order chi connectivity index (χ1) is 31.2. The highest BCUT2D eigenvalue weighted by atomic mass is 16.5. The monoisotopic (exact) mass is 868 g/mol. The second-order valence-electron chi connectivity index (χ2n) is 16.8. The summed E-state index contributed by atoms with van der Waals surface area (Å²) in [6.07, 6.45) is 6.18. The molecule has 0 bridgehead atoms. The maximum atomic E-state index is 13.4. The van der Waals surface area contributed by atoms with Crippen LogP contribution in [0.3, 0.4) is 0 Å². The number of ether oxygens (including phenoxy) is 2. The minimum Gasteiger partial charge on any atom is -0.457 e. The number of aromatic nitrogens is 4. The summed E-state index contributed by atoms with van der Waals surface area (Å²) in [4.78, 5) is 78.2. The van der Waals surface area contributed by atoms with E-state index in [1.165, 1.54) is 6.33 Å². The Bertz CT molecular complexity index is 2530. The highest BCUT2D eigenvalue weighted by Crippen LogP contribution is 2.38. The molecule has 332 valence electrons. The fraction of sp³-hybridized carbons (Fsp3) is 0.404. The number of carbonyl (C=O) groups is 5. The number of fused-ring (bicyclic) bond motifs is 2. The van der Waals surface area contributed by atoms with Gasteiger partial charge in [0.05, 0.1) is 35.8 Å². The number of rotatable bonds is 15. The quantitative estimate of drug-likeness (QED) is 0.100. The smallest absolute Gasteiger partial charge is 0.262 e. The minimum absolute atomic E-state index is 0.0494. The molecule has 1 aliphatic carbocycles. The van der Waals surface area contributed by atoms with Crippen molar-refractivity contribution in [1.29, 1.82) is 0 Å². The second-order valence-corrected chi connectivity index (χ2v) is 16.8. The number of nitrogen functional groups attached to an aromatic ring is 1. The first-order valence-corrected chi connectivity index (χ1v) is 22.2. The number of anilines is 1. The molecule has 5 heterocycles. The van der Waals surface area contributed by atoms with Crippen LogP contribution in [0.5, 0.6) is 11.5 Å². The maximum Gasteiger partial charge on any atom is 0.262 e. The number of piperazine rings is 1. The minimum atomic E-state index is -1.04. The zero-order chi connectivity index (χ0) is 44.2. The van der Waals surface area contributed by atoms with Crippen LogP contribution < -0.4 is 21.1 Å². The lowest BCUT2D eigenvalue weighted by Gasteiger charge is -2.42. The van der Waals surface area contributed by atoms with Crippen molar-refractivity contribution in [3.63, 3.8) is 0 Å². The SMILES string of the molecule is Nc1ncnc2c1c(-c1ccc(Oc3ccccc3)cc1)nn2C1CCC(N2CCN(CCOCCNC(=O)CCc3cccc4c3C(=O)N(C3CCC(=O)NC3=O)C4=O)CC2)CC1. The molecular weight excluding hydrogens is 817 g/mol. The van der Waals surface area contributed by atoms with Gasteiger partial charge < -0.3 is 20.5 Å². The Balaban J connectivity index is 0.680. The summed E-state index contributed by atoms with van der Waals surface area (Å²) in [6, 6.07) is 22.2. The molecular formula is C47H52N10O7. The van der Waals surface area contributed by atoms with Crippen molar-refractivity contribution < 1.29 is 33.4 Å². The van der Waals surface area contributed by atoms with Gasteiger partial charge in [-0.2, -0.15) is 5.10 Å². The fourth-order valence-electron chi connectivity index (χ4n) is 9.47. The third-order valence-electron chi connectivity index (χ3n) is 12.9. The molecule has 1 saturated carbocycles. The van der Waals surface area contributed by atoms with Gasteiger partial charge in [-0.25, -0.2) is 14.6 Å². The van der Waals surface area contributed by atoms with Crippen LogP contribution in [0.15, 0.2) is 79.1 Å². The average Bonchev–Trinajstić information content (AvgIpc) is 3.83. The molecule has 3 aromatic carbocycles. The lowest BCUT2D eigenvalue weighted by atomic mass is 9.90. The van der Waals surface area contributed by atoms with E-state index in [0.717, 1.165) is 97.1 Å². The number of hydrogen-bond acceptors (Lipinski definition) is 13. The highest BCUT2D eigenvalue weighted by molar-refractivity contribution is 6.24. The number of nitrogens with one attached hydrogen (secondary N) is 2. The van der Waals surface area contributed by atoms with E-state index in [1.54, 1.807) is 18.2 Å². The predicted octanol–water partition coefficient (Wildman–Crippen LogP) is 4.14. The summed E-state index contributed by atoms with van der Waals surface area (Å²) in [5, 5.41) is 11.0. The molecule has 4 N–H and O–H groups in total. The zero-order valence-corrected chi connectivity index (χ0v) is 35.6. The number of amides is 5. The largest absolute Gasteiger partial charge is 0.457 e. The molecule has 4 aliphatic rings. The Hall–Kier alpha value is -6.56. The van der Waals surface area contributed by atoms with Gasteiger partial charge in [0.1, 0.15) is 35.4 Å². The van der Waals surface area contributed by atoms with Gasteiger partial charge in [0, 0.05) is 63.7 Å². The van der Waals surface area contributed by atoms with Gasteiger partial charge in [-0.1, -0.05) is 30.3 Å². The number of nitrogens with zero attached hydrogens (tertiary/aromatic N) is 7. The van der Waals surface area contributed by atoms with E-state index in [9.17, 15) is 24.0 Å². The molecule has 17 heteroatoms.